The normalized spacial score (nSPS) is 11.0. The SMILES string of the molecule is COCCOC(=O)c1cnc2c[n+]([O-])cc(-c3ccc(-c4cnn(C)c4)cc3)c2c1. The number of carbonyl (C=O) groups excluding carboxylic acids is 1. The van der Waals surface area contributed by atoms with Crippen LogP contribution in [0.5, 0.6) is 0 Å². The lowest BCUT2D eigenvalue weighted by atomic mass is 9.99. The van der Waals surface area contributed by atoms with Gasteiger partial charge in [-0.05, 0) is 17.2 Å². The molecule has 0 saturated heterocycles. The third-order valence-corrected chi connectivity index (χ3v) is 4.70. The largest absolute Gasteiger partial charge is 0.619 e. The Morgan fingerprint density at radius 2 is 1.87 bits per heavy atom. The van der Waals surface area contributed by atoms with Gasteiger partial charge in [0.1, 0.15) is 12.1 Å². The van der Waals surface area contributed by atoms with Crippen molar-refractivity contribution in [3.8, 4) is 22.3 Å². The van der Waals surface area contributed by atoms with E-state index in [4.69, 9.17) is 9.47 Å². The van der Waals surface area contributed by atoms with E-state index >= 15 is 0 Å². The molecule has 0 saturated carbocycles. The van der Waals surface area contributed by atoms with Crippen molar-refractivity contribution in [1.82, 2.24) is 14.8 Å². The monoisotopic (exact) mass is 404 g/mol. The smallest absolute Gasteiger partial charge is 0.339 e. The number of rotatable bonds is 6. The number of aryl methyl sites for hydroxylation is 1. The number of esters is 1. The van der Waals surface area contributed by atoms with Crippen LogP contribution < -0.4 is 4.73 Å². The second kappa shape index (κ2) is 8.30. The van der Waals surface area contributed by atoms with Gasteiger partial charge in [-0.2, -0.15) is 9.83 Å². The van der Waals surface area contributed by atoms with Gasteiger partial charge in [0, 0.05) is 37.5 Å². The van der Waals surface area contributed by atoms with E-state index in [0.717, 1.165) is 21.4 Å². The lowest BCUT2D eigenvalue weighted by Crippen LogP contribution is -2.25. The molecule has 3 heterocycles. The summed E-state index contributed by atoms with van der Waals surface area (Å²) >= 11 is 0. The van der Waals surface area contributed by atoms with Crippen LogP contribution in [-0.4, -0.2) is 41.1 Å². The van der Waals surface area contributed by atoms with Crippen LogP contribution >= 0.6 is 0 Å². The fraction of sp³-hybridized carbons (Fsp3) is 0.182. The molecule has 4 aromatic rings. The van der Waals surface area contributed by atoms with Gasteiger partial charge in [0.2, 0.25) is 6.20 Å². The first-order valence-electron chi connectivity index (χ1n) is 9.33. The first kappa shape index (κ1) is 19.5. The van der Waals surface area contributed by atoms with Crippen LogP contribution in [0.1, 0.15) is 10.4 Å². The molecule has 3 aromatic heterocycles. The van der Waals surface area contributed by atoms with E-state index in [-0.39, 0.29) is 6.61 Å². The first-order valence-corrected chi connectivity index (χ1v) is 9.33. The van der Waals surface area contributed by atoms with E-state index in [1.54, 1.807) is 16.9 Å². The zero-order valence-corrected chi connectivity index (χ0v) is 16.6. The molecule has 0 aliphatic heterocycles. The average molecular weight is 404 g/mol. The lowest BCUT2D eigenvalue weighted by Gasteiger charge is -2.09. The van der Waals surface area contributed by atoms with Crippen LogP contribution in [0.25, 0.3) is 33.2 Å². The predicted molar refractivity (Wildman–Crippen MR) is 110 cm³/mol. The van der Waals surface area contributed by atoms with Gasteiger partial charge in [-0.3, -0.25) is 4.68 Å². The van der Waals surface area contributed by atoms with Gasteiger partial charge in [-0.25, -0.2) is 9.78 Å². The second-order valence-electron chi connectivity index (χ2n) is 6.80. The van der Waals surface area contributed by atoms with E-state index in [0.29, 0.717) is 28.6 Å². The Bertz CT molecular complexity index is 1200. The molecule has 4 rings (SSSR count). The minimum atomic E-state index is -0.488. The number of nitrogens with zero attached hydrogens (tertiary/aromatic N) is 4. The molecule has 8 nitrogen and oxygen atoms in total. The topological polar surface area (TPSA) is 93.2 Å². The minimum Gasteiger partial charge on any atom is -0.619 e. The van der Waals surface area contributed by atoms with E-state index in [2.05, 4.69) is 10.1 Å². The number of pyridine rings is 2. The highest BCUT2D eigenvalue weighted by Crippen LogP contribution is 2.29. The first-order chi connectivity index (χ1) is 14.5. The van der Waals surface area contributed by atoms with Crippen LogP contribution in [0, 0.1) is 5.21 Å². The van der Waals surface area contributed by atoms with Gasteiger partial charge in [-0.15, -0.1) is 0 Å². The van der Waals surface area contributed by atoms with E-state index in [1.807, 2.05) is 37.5 Å². The third-order valence-electron chi connectivity index (χ3n) is 4.70. The molecule has 8 heteroatoms. The van der Waals surface area contributed by atoms with Crippen molar-refractivity contribution in [2.45, 2.75) is 0 Å². The number of methoxy groups -OCH3 is 1. The molecule has 30 heavy (non-hydrogen) atoms. The van der Waals surface area contributed by atoms with Crippen LogP contribution in [0.2, 0.25) is 0 Å². The van der Waals surface area contributed by atoms with Crippen LogP contribution in [0.15, 0.2) is 61.3 Å². The molecule has 0 aliphatic rings. The molecule has 0 fully saturated rings. The number of hydrogen-bond acceptors (Lipinski definition) is 6. The molecular weight excluding hydrogens is 384 g/mol. The number of fused-ring (bicyclic) bond motifs is 1. The summed E-state index contributed by atoms with van der Waals surface area (Å²) in [6, 6.07) is 9.50. The summed E-state index contributed by atoms with van der Waals surface area (Å²) in [6.45, 7) is 0.475. The number of aromatic nitrogens is 4. The Labute approximate surface area is 172 Å². The molecule has 0 N–H and O–H groups in total. The fourth-order valence-corrected chi connectivity index (χ4v) is 3.20. The summed E-state index contributed by atoms with van der Waals surface area (Å²) in [7, 11) is 3.40. The van der Waals surface area contributed by atoms with Crippen molar-refractivity contribution in [3.05, 3.63) is 72.1 Å². The van der Waals surface area contributed by atoms with Gasteiger partial charge in [0.15, 0.2) is 6.20 Å². The molecular formula is C22H20N4O4. The Morgan fingerprint density at radius 1 is 1.10 bits per heavy atom. The standard InChI is InChI=1S/C22H20N4O4/c1-25-12-18(11-24-25)15-3-5-16(6-4-15)20-13-26(28)14-21-19(20)9-17(10-23-21)22(27)30-8-7-29-2/h3-6,9-14H,7-8H2,1-2H3. The highest BCUT2D eigenvalue weighted by atomic mass is 16.6. The zero-order valence-electron chi connectivity index (χ0n) is 16.6. The van der Waals surface area contributed by atoms with Crippen LogP contribution in [0.4, 0.5) is 0 Å². The molecule has 0 aliphatic carbocycles. The summed E-state index contributed by atoms with van der Waals surface area (Å²) in [6.07, 6.45) is 7.99. The molecule has 1 aromatic carbocycles. The molecule has 0 spiro atoms. The number of ether oxygens (including phenoxy) is 2. The minimum absolute atomic E-state index is 0.158. The Kier molecular flexibility index (Phi) is 5.40. The fourth-order valence-electron chi connectivity index (χ4n) is 3.20. The van der Waals surface area contributed by atoms with E-state index in [9.17, 15) is 10.0 Å². The van der Waals surface area contributed by atoms with Crippen molar-refractivity contribution in [2.24, 2.45) is 7.05 Å². The number of benzene rings is 1. The molecule has 0 atom stereocenters. The second-order valence-corrected chi connectivity index (χ2v) is 6.80. The number of carbonyl (C=O) groups is 1. The van der Waals surface area contributed by atoms with Gasteiger partial charge < -0.3 is 14.7 Å². The maximum absolute atomic E-state index is 12.3. The van der Waals surface area contributed by atoms with Crippen LogP contribution in [-0.2, 0) is 16.5 Å². The summed E-state index contributed by atoms with van der Waals surface area (Å²) in [5.41, 5.74) is 4.35. The van der Waals surface area contributed by atoms with E-state index < -0.39 is 5.97 Å². The van der Waals surface area contributed by atoms with Crippen molar-refractivity contribution < 1.29 is 19.0 Å². The van der Waals surface area contributed by atoms with Crippen molar-refractivity contribution in [2.75, 3.05) is 20.3 Å². The zero-order chi connectivity index (χ0) is 21.1. The molecule has 0 bridgehead atoms. The summed E-state index contributed by atoms with van der Waals surface area (Å²) in [4.78, 5) is 16.6. The summed E-state index contributed by atoms with van der Waals surface area (Å²) < 4.78 is 12.5. The Hall–Kier alpha value is -3.78. The number of hydrogen-bond donors (Lipinski definition) is 0. The predicted octanol–water partition coefficient (Wildman–Crippen LogP) is 2.74. The average Bonchev–Trinajstić information content (AvgIpc) is 3.19. The maximum Gasteiger partial charge on any atom is 0.339 e. The highest BCUT2D eigenvalue weighted by Gasteiger charge is 2.15. The Balaban J connectivity index is 1.72. The quantitative estimate of drug-likeness (QED) is 0.212. The third kappa shape index (κ3) is 3.99. The van der Waals surface area contributed by atoms with Gasteiger partial charge in [0.25, 0.3) is 0 Å². The lowest BCUT2D eigenvalue weighted by molar-refractivity contribution is -0.603. The molecule has 152 valence electrons. The molecule has 0 unspecified atom stereocenters. The van der Waals surface area contributed by atoms with Crippen molar-refractivity contribution >= 4 is 16.9 Å². The molecule has 0 amide bonds. The van der Waals surface area contributed by atoms with Crippen molar-refractivity contribution in [3.63, 3.8) is 0 Å². The molecule has 0 radical (unpaired) electrons. The maximum atomic E-state index is 12.3. The van der Waals surface area contributed by atoms with Crippen molar-refractivity contribution in [1.29, 1.82) is 0 Å². The summed E-state index contributed by atoms with van der Waals surface area (Å²) in [5.74, 6) is -0.488. The summed E-state index contributed by atoms with van der Waals surface area (Å²) in [5, 5.41) is 17.0. The van der Waals surface area contributed by atoms with Gasteiger partial charge in [0.05, 0.1) is 23.9 Å². The van der Waals surface area contributed by atoms with E-state index in [1.165, 1.54) is 25.7 Å². The van der Waals surface area contributed by atoms with Gasteiger partial charge in [-0.1, -0.05) is 24.3 Å². The Morgan fingerprint density at radius 3 is 2.57 bits per heavy atom. The van der Waals surface area contributed by atoms with Gasteiger partial charge >= 0.3 is 5.97 Å². The highest BCUT2D eigenvalue weighted by molar-refractivity contribution is 5.99. The van der Waals surface area contributed by atoms with Crippen LogP contribution in [0.3, 0.4) is 0 Å².